The van der Waals surface area contributed by atoms with Crippen LogP contribution in [0.5, 0.6) is 0 Å². The van der Waals surface area contributed by atoms with Crippen LogP contribution in [0.15, 0.2) is 0 Å². The van der Waals surface area contributed by atoms with E-state index in [1.165, 1.54) is 32.1 Å². The molecule has 0 radical (unpaired) electrons. The Morgan fingerprint density at radius 1 is 1.15 bits per heavy atom. The molecule has 2 nitrogen and oxygen atoms in total. The molecule has 0 amide bonds. The number of rotatable bonds is 3. The van der Waals surface area contributed by atoms with Crippen molar-refractivity contribution in [1.82, 2.24) is 0 Å². The van der Waals surface area contributed by atoms with Crippen LogP contribution >= 0.6 is 0 Å². The number of unbranched alkanes of at least 4 members (excludes halogenated alkanes) is 1. The highest BCUT2D eigenvalue weighted by Gasteiger charge is 2.67. The summed E-state index contributed by atoms with van der Waals surface area (Å²) in [7, 11) is 0. The first-order chi connectivity index (χ1) is 9.35. The number of ether oxygens (including phenoxy) is 1. The molecule has 2 heteroatoms. The van der Waals surface area contributed by atoms with Gasteiger partial charge in [-0.15, -0.1) is 0 Å². The Kier molecular flexibility index (Phi) is 3.49. The van der Waals surface area contributed by atoms with E-state index in [-0.39, 0.29) is 22.7 Å². The van der Waals surface area contributed by atoms with E-state index >= 15 is 0 Å². The summed E-state index contributed by atoms with van der Waals surface area (Å²) in [6, 6.07) is 0. The van der Waals surface area contributed by atoms with Crippen molar-refractivity contribution in [2.45, 2.75) is 96.4 Å². The molecule has 20 heavy (non-hydrogen) atoms. The molecule has 0 aromatic carbocycles. The van der Waals surface area contributed by atoms with Gasteiger partial charge in [0.25, 0.3) is 0 Å². The van der Waals surface area contributed by atoms with Crippen molar-refractivity contribution < 1.29 is 9.84 Å². The first-order valence-corrected chi connectivity index (χ1v) is 8.73. The standard InChI is InChI=1S/C18H32O2/c1-5-6-7-14-15(19)9-11-17(4)10-8-13-12-18(14,17)20-16(13,2)3/h13-15,19H,5-12H2,1-4H3. The van der Waals surface area contributed by atoms with E-state index in [0.29, 0.717) is 11.8 Å². The molecular weight excluding hydrogens is 248 g/mol. The number of aliphatic hydroxyl groups excluding tert-OH is 1. The average Bonchev–Trinajstić information content (AvgIpc) is 2.61. The van der Waals surface area contributed by atoms with Gasteiger partial charge in [0.05, 0.1) is 17.3 Å². The molecule has 1 N–H and O–H groups in total. The smallest absolute Gasteiger partial charge is 0.0799 e. The molecule has 1 spiro atoms. The zero-order valence-corrected chi connectivity index (χ0v) is 13.7. The Labute approximate surface area is 124 Å². The zero-order chi connectivity index (χ0) is 14.6. The third kappa shape index (κ3) is 1.90. The SMILES string of the molecule is CCCCC1C(O)CCC2(C)CCC3CC12OC3(C)C. The Bertz CT molecular complexity index is 378. The monoisotopic (exact) mass is 280 g/mol. The Morgan fingerprint density at radius 2 is 1.85 bits per heavy atom. The van der Waals surface area contributed by atoms with Gasteiger partial charge in [0.1, 0.15) is 0 Å². The maximum Gasteiger partial charge on any atom is 0.0799 e. The zero-order valence-electron chi connectivity index (χ0n) is 13.7. The Morgan fingerprint density at radius 3 is 2.55 bits per heavy atom. The van der Waals surface area contributed by atoms with Crippen molar-refractivity contribution in [2.24, 2.45) is 17.3 Å². The molecule has 3 fully saturated rings. The molecule has 3 aliphatic rings. The summed E-state index contributed by atoms with van der Waals surface area (Å²) in [6.07, 6.45) is 9.30. The predicted molar refractivity (Wildman–Crippen MR) is 81.6 cm³/mol. The summed E-state index contributed by atoms with van der Waals surface area (Å²) in [4.78, 5) is 0. The van der Waals surface area contributed by atoms with Crippen LogP contribution in [0.1, 0.15) is 79.1 Å². The minimum absolute atomic E-state index is 0.000710. The quantitative estimate of drug-likeness (QED) is 0.835. The van der Waals surface area contributed by atoms with Gasteiger partial charge in [0.15, 0.2) is 0 Å². The van der Waals surface area contributed by atoms with E-state index in [4.69, 9.17) is 4.74 Å². The lowest BCUT2D eigenvalue weighted by atomic mass is 9.51. The molecule has 2 aliphatic carbocycles. The first kappa shape index (κ1) is 14.8. The molecular formula is C18H32O2. The second-order valence-electron chi connectivity index (χ2n) is 8.45. The summed E-state index contributed by atoms with van der Waals surface area (Å²) in [6.45, 7) is 9.23. The largest absolute Gasteiger partial charge is 0.393 e. The van der Waals surface area contributed by atoms with Gasteiger partial charge < -0.3 is 9.84 Å². The van der Waals surface area contributed by atoms with Crippen molar-refractivity contribution in [3.63, 3.8) is 0 Å². The fourth-order valence-corrected chi connectivity index (χ4v) is 5.57. The molecule has 5 atom stereocenters. The second-order valence-corrected chi connectivity index (χ2v) is 8.45. The molecule has 0 aromatic heterocycles. The summed E-state index contributed by atoms with van der Waals surface area (Å²) in [5.41, 5.74) is 0.237. The summed E-state index contributed by atoms with van der Waals surface area (Å²) in [5.74, 6) is 1.04. The molecule has 2 bridgehead atoms. The topological polar surface area (TPSA) is 29.5 Å². The van der Waals surface area contributed by atoms with Gasteiger partial charge in [0, 0.05) is 5.92 Å². The van der Waals surface area contributed by atoms with Crippen LogP contribution in [0, 0.1) is 17.3 Å². The van der Waals surface area contributed by atoms with E-state index in [2.05, 4.69) is 27.7 Å². The second kappa shape index (κ2) is 4.71. The van der Waals surface area contributed by atoms with Gasteiger partial charge in [-0.1, -0.05) is 26.7 Å². The van der Waals surface area contributed by atoms with Gasteiger partial charge in [0.2, 0.25) is 0 Å². The fraction of sp³-hybridized carbons (Fsp3) is 1.00. The van der Waals surface area contributed by atoms with Crippen LogP contribution in [0.3, 0.4) is 0 Å². The van der Waals surface area contributed by atoms with E-state index in [1.807, 2.05) is 0 Å². The molecule has 1 heterocycles. The number of fused-ring (bicyclic) bond motifs is 1. The lowest BCUT2D eigenvalue weighted by Gasteiger charge is -2.57. The molecule has 5 unspecified atom stereocenters. The first-order valence-electron chi connectivity index (χ1n) is 8.73. The number of hydrogen-bond acceptors (Lipinski definition) is 2. The highest BCUT2D eigenvalue weighted by molar-refractivity contribution is 5.16. The van der Waals surface area contributed by atoms with Crippen molar-refractivity contribution >= 4 is 0 Å². The fourth-order valence-electron chi connectivity index (χ4n) is 5.57. The molecule has 3 rings (SSSR count). The maximum absolute atomic E-state index is 10.7. The van der Waals surface area contributed by atoms with E-state index < -0.39 is 0 Å². The van der Waals surface area contributed by atoms with Gasteiger partial charge in [-0.05, 0) is 63.7 Å². The lowest BCUT2D eigenvalue weighted by Crippen LogP contribution is -2.60. The summed E-state index contributed by atoms with van der Waals surface area (Å²) >= 11 is 0. The van der Waals surface area contributed by atoms with Crippen LogP contribution in [0.2, 0.25) is 0 Å². The number of aliphatic hydroxyl groups is 1. The Hall–Kier alpha value is -0.0800. The summed E-state index contributed by atoms with van der Waals surface area (Å²) < 4.78 is 6.79. The maximum atomic E-state index is 10.7. The van der Waals surface area contributed by atoms with Gasteiger partial charge in [-0.2, -0.15) is 0 Å². The predicted octanol–water partition coefficient (Wildman–Crippen LogP) is 4.30. The van der Waals surface area contributed by atoms with Crippen molar-refractivity contribution in [3.8, 4) is 0 Å². The lowest BCUT2D eigenvalue weighted by molar-refractivity contribution is -0.223. The molecule has 2 saturated carbocycles. The normalized spacial score (nSPS) is 50.0. The van der Waals surface area contributed by atoms with E-state index in [9.17, 15) is 5.11 Å². The van der Waals surface area contributed by atoms with Gasteiger partial charge in [-0.3, -0.25) is 0 Å². The minimum Gasteiger partial charge on any atom is -0.393 e. The van der Waals surface area contributed by atoms with Crippen molar-refractivity contribution in [2.75, 3.05) is 0 Å². The number of hydrogen-bond donors (Lipinski definition) is 1. The third-order valence-electron chi connectivity index (χ3n) is 6.97. The minimum atomic E-state index is -0.151. The molecule has 116 valence electrons. The third-order valence-corrected chi connectivity index (χ3v) is 6.97. The van der Waals surface area contributed by atoms with Crippen LogP contribution in [-0.2, 0) is 4.74 Å². The van der Waals surface area contributed by atoms with Crippen molar-refractivity contribution in [1.29, 1.82) is 0 Å². The van der Waals surface area contributed by atoms with E-state index in [1.54, 1.807) is 0 Å². The van der Waals surface area contributed by atoms with E-state index in [0.717, 1.165) is 19.3 Å². The van der Waals surface area contributed by atoms with Crippen LogP contribution < -0.4 is 0 Å². The molecule has 0 aromatic rings. The molecule has 1 aliphatic heterocycles. The van der Waals surface area contributed by atoms with Crippen LogP contribution in [0.25, 0.3) is 0 Å². The van der Waals surface area contributed by atoms with Crippen LogP contribution in [-0.4, -0.2) is 22.4 Å². The molecule has 1 saturated heterocycles. The van der Waals surface area contributed by atoms with Gasteiger partial charge in [-0.25, -0.2) is 0 Å². The van der Waals surface area contributed by atoms with Crippen molar-refractivity contribution in [3.05, 3.63) is 0 Å². The van der Waals surface area contributed by atoms with Gasteiger partial charge >= 0.3 is 0 Å². The average molecular weight is 280 g/mol. The van der Waals surface area contributed by atoms with Crippen LogP contribution in [0.4, 0.5) is 0 Å². The summed E-state index contributed by atoms with van der Waals surface area (Å²) in [5, 5.41) is 10.7. The highest BCUT2D eigenvalue weighted by atomic mass is 16.5. The Balaban J connectivity index is 1.97. The highest BCUT2D eigenvalue weighted by Crippen LogP contribution is 2.66.